The van der Waals surface area contributed by atoms with E-state index >= 15 is 0 Å². The molecule has 1 atom stereocenters. The molecule has 1 unspecified atom stereocenters. The first-order chi connectivity index (χ1) is 5.20. The van der Waals surface area contributed by atoms with Gasteiger partial charge in [-0.3, -0.25) is 0 Å². The summed E-state index contributed by atoms with van der Waals surface area (Å²) in [5.41, 5.74) is 0. The summed E-state index contributed by atoms with van der Waals surface area (Å²) >= 11 is 1.96. The summed E-state index contributed by atoms with van der Waals surface area (Å²) in [5.74, 6) is 1.13. The number of thioether (sulfide) groups is 1. The van der Waals surface area contributed by atoms with Crippen molar-refractivity contribution >= 4 is 11.8 Å². The number of hydrogen-bond donors (Lipinski definition) is 1. The van der Waals surface area contributed by atoms with Gasteiger partial charge in [-0.1, -0.05) is 13.8 Å². The Labute approximate surface area is 74.1 Å². The molecule has 0 aromatic carbocycles. The van der Waals surface area contributed by atoms with Crippen LogP contribution in [0, 0.1) is 0 Å². The van der Waals surface area contributed by atoms with Gasteiger partial charge in [0.25, 0.3) is 0 Å². The number of rotatable bonds is 6. The second kappa shape index (κ2) is 6.95. The molecule has 0 aliphatic heterocycles. The molecule has 1 N–H and O–H groups in total. The van der Waals surface area contributed by atoms with Crippen LogP contribution in [0.1, 0.15) is 13.8 Å². The summed E-state index contributed by atoms with van der Waals surface area (Å²) in [6.07, 6.45) is 0. The predicted molar refractivity (Wildman–Crippen MR) is 52.3 cm³/mol. The summed E-state index contributed by atoms with van der Waals surface area (Å²) in [5, 5.41) is 3.92. The van der Waals surface area contributed by atoms with Crippen molar-refractivity contribution in [3.63, 3.8) is 0 Å². The Morgan fingerprint density at radius 2 is 2.09 bits per heavy atom. The second-order valence-corrected chi connectivity index (χ2v) is 4.43. The minimum atomic E-state index is 0.493. The molecule has 0 bridgehead atoms. The number of methoxy groups -OCH3 is 1. The summed E-state index contributed by atoms with van der Waals surface area (Å²) in [4.78, 5) is 0. The molecule has 0 aliphatic rings. The van der Waals surface area contributed by atoms with Crippen LogP contribution in [0.4, 0.5) is 0 Å². The fourth-order valence-electron chi connectivity index (χ4n) is 0.725. The van der Waals surface area contributed by atoms with Crippen molar-refractivity contribution in [1.82, 2.24) is 5.32 Å². The highest BCUT2D eigenvalue weighted by atomic mass is 32.2. The van der Waals surface area contributed by atoms with Gasteiger partial charge in [0.05, 0.1) is 6.61 Å². The molecule has 3 heteroatoms. The zero-order valence-corrected chi connectivity index (χ0v) is 8.70. The van der Waals surface area contributed by atoms with E-state index in [1.54, 1.807) is 7.11 Å². The third kappa shape index (κ3) is 6.66. The Kier molecular flexibility index (Phi) is 7.12. The smallest absolute Gasteiger partial charge is 0.0623 e. The molecular weight excluding hydrogens is 158 g/mol. The molecule has 0 aliphatic carbocycles. The van der Waals surface area contributed by atoms with Crippen molar-refractivity contribution in [1.29, 1.82) is 0 Å². The Morgan fingerprint density at radius 1 is 1.45 bits per heavy atom. The van der Waals surface area contributed by atoms with Crippen LogP contribution in [-0.4, -0.2) is 37.8 Å². The Hall–Kier alpha value is 0.270. The van der Waals surface area contributed by atoms with Crippen LogP contribution in [-0.2, 0) is 4.74 Å². The van der Waals surface area contributed by atoms with E-state index in [0.29, 0.717) is 11.3 Å². The van der Waals surface area contributed by atoms with Crippen molar-refractivity contribution < 1.29 is 4.74 Å². The maximum Gasteiger partial charge on any atom is 0.0623 e. The lowest BCUT2D eigenvalue weighted by molar-refractivity contribution is 0.177. The topological polar surface area (TPSA) is 21.3 Å². The lowest BCUT2D eigenvalue weighted by atomic mass is 10.4. The van der Waals surface area contributed by atoms with Crippen molar-refractivity contribution in [2.24, 2.45) is 0 Å². The summed E-state index contributed by atoms with van der Waals surface area (Å²) in [7, 11) is 3.72. The van der Waals surface area contributed by atoms with Gasteiger partial charge in [-0.05, 0) is 12.3 Å². The second-order valence-electron chi connectivity index (χ2n) is 2.82. The van der Waals surface area contributed by atoms with E-state index in [1.165, 1.54) is 0 Å². The van der Waals surface area contributed by atoms with Crippen LogP contribution in [0.5, 0.6) is 0 Å². The predicted octanol–water partition coefficient (Wildman–Crippen LogP) is 1.36. The minimum absolute atomic E-state index is 0.493. The van der Waals surface area contributed by atoms with Gasteiger partial charge in [0, 0.05) is 18.9 Å². The number of ether oxygens (including phenoxy) is 1. The van der Waals surface area contributed by atoms with Gasteiger partial charge in [-0.15, -0.1) is 0 Å². The molecule has 0 heterocycles. The average molecular weight is 177 g/mol. The summed E-state index contributed by atoms with van der Waals surface area (Å²) in [6, 6.07) is 0.493. The van der Waals surface area contributed by atoms with Crippen LogP contribution < -0.4 is 5.32 Å². The lowest BCUT2D eigenvalue weighted by Crippen LogP contribution is -2.32. The van der Waals surface area contributed by atoms with Gasteiger partial charge in [-0.2, -0.15) is 11.8 Å². The first-order valence-electron chi connectivity index (χ1n) is 3.98. The van der Waals surface area contributed by atoms with Gasteiger partial charge in [0.15, 0.2) is 0 Å². The number of nitrogens with one attached hydrogen (secondary N) is 1. The molecule has 0 aromatic rings. The zero-order valence-electron chi connectivity index (χ0n) is 7.89. The van der Waals surface area contributed by atoms with Gasteiger partial charge in [0.2, 0.25) is 0 Å². The van der Waals surface area contributed by atoms with Gasteiger partial charge < -0.3 is 10.1 Å². The van der Waals surface area contributed by atoms with Crippen LogP contribution in [0.3, 0.4) is 0 Å². The molecular formula is C8H19NOS. The SMILES string of the molecule is CNC(COC)CSC(C)C. The van der Waals surface area contributed by atoms with Crippen molar-refractivity contribution in [2.45, 2.75) is 25.1 Å². The van der Waals surface area contributed by atoms with E-state index in [2.05, 4.69) is 19.2 Å². The van der Waals surface area contributed by atoms with E-state index in [1.807, 2.05) is 18.8 Å². The average Bonchev–Trinajstić information content (AvgIpc) is 1.97. The fourth-order valence-corrected chi connectivity index (χ4v) is 1.60. The lowest BCUT2D eigenvalue weighted by Gasteiger charge is -2.15. The molecule has 0 rings (SSSR count). The van der Waals surface area contributed by atoms with E-state index in [-0.39, 0.29) is 0 Å². The van der Waals surface area contributed by atoms with Crippen molar-refractivity contribution in [2.75, 3.05) is 26.5 Å². The fraction of sp³-hybridized carbons (Fsp3) is 1.00. The molecule has 0 spiro atoms. The molecule has 0 aromatic heterocycles. The van der Waals surface area contributed by atoms with Crippen molar-refractivity contribution in [3.05, 3.63) is 0 Å². The van der Waals surface area contributed by atoms with Crippen LogP contribution in [0.2, 0.25) is 0 Å². The number of hydrogen-bond acceptors (Lipinski definition) is 3. The molecule has 2 nitrogen and oxygen atoms in total. The summed E-state index contributed by atoms with van der Waals surface area (Å²) < 4.78 is 5.05. The van der Waals surface area contributed by atoms with E-state index in [9.17, 15) is 0 Å². The number of likely N-dealkylation sites (N-methyl/N-ethyl adjacent to an activating group) is 1. The third-order valence-electron chi connectivity index (χ3n) is 1.41. The largest absolute Gasteiger partial charge is 0.383 e. The van der Waals surface area contributed by atoms with Gasteiger partial charge in [0.1, 0.15) is 0 Å². The van der Waals surface area contributed by atoms with Gasteiger partial charge >= 0.3 is 0 Å². The maximum absolute atomic E-state index is 5.05. The highest BCUT2D eigenvalue weighted by molar-refractivity contribution is 7.99. The highest BCUT2D eigenvalue weighted by Crippen LogP contribution is 2.10. The Morgan fingerprint density at radius 3 is 2.45 bits per heavy atom. The first-order valence-corrected chi connectivity index (χ1v) is 5.03. The van der Waals surface area contributed by atoms with Crippen LogP contribution in [0.15, 0.2) is 0 Å². The normalized spacial score (nSPS) is 13.9. The van der Waals surface area contributed by atoms with E-state index in [0.717, 1.165) is 12.4 Å². The van der Waals surface area contributed by atoms with Gasteiger partial charge in [-0.25, -0.2) is 0 Å². The Bertz CT molecular complexity index is 88.2. The zero-order chi connectivity index (χ0) is 8.69. The standard InChI is InChI=1S/C8H19NOS/c1-7(2)11-6-8(9-3)5-10-4/h7-9H,5-6H2,1-4H3. The molecule has 11 heavy (non-hydrogen) atoms. The molecule has 0 saturated carbocycles. The Balaban J connectivity index is 3.35. The van der Waals surface area contributed by atoms with E-state index < -0.39 is 0 Å². The monoisotopic (exact) mass is 177 g/mol. The minimum Gasteiger partial charge on any atom is -0.383 e. The van der Waals surface area contributed by atoms with E-state index in [4.69, 9.17) is 4.74 Å². The van der Waals surface area contributed by atoms with Crippen LogP contribution >= 0.6 is 11.8 Å². The van der Waals surface area contributed by atoms with Crippen molar-refractivity contribution in [3.8, 4) is 0 Å². The first kappa shape index (κ1) is 11.3. The molecule has 0 amide bonds. The molecule has 0 radical (unpaired) electrons. The highest BCUT2D eigenvalue weighted by Gasteiger charge is 2.05. The maximum atomic E-state index is 5.05. The molecule has 0 fully saturated rings. The summed E-state index contributed by atoms with van der Waals surface area (Å²) in [6.45, 7) is 5.23. The quantitative estimate of drug-likeness (QED) is 0.662. The van der Waals surface area contributed by atoms with Crippen LogP contribution in [0.25, 0.3) is 0 Å². The molecule has 0 saturated heterocycles. The third-order valence-corrected chi connectivity index (χ3v) is 2.67. The molecule has 68 valence electrons.